The van der Waals surface area contributed by atoms with E-state index in [1.165, 1.54) is 12.1 Å². The quantitative estimate of drug-likeness (QED) is 0.920. The van der Waals surface area contributed by atoms with E-state index in [0.717, 1.165) is 0 Å². The number of carbonyl (C=O) groups excluding carboxylic acids is 1. The summed E-state index contributed by atoms with van der Waals surface area (Å²) in [6.45, 7) is 4.55. The normalized spacial score (nSPS) is 11.4. The van der Waals surface area contributed by atoms with Crippen LogP contribution in [0.5, 0.6) is 0 Å². The first-order chi connectivity index (χ1) is 7.85. The highest BCUT2D eigenvalue weighted by Crippen LogP contribution is 2.20. The minimum atomic E-state index is -0.507. The second-order valence-electron chi connectivity index (χ2n) is 4.27. The van der Waals surface area contributed by atoms with Crippen LogP contribution in [-0.2, 0) is 0 Å². The third-order valence-corrected chi connectivity index (χ3v) is 4.14. The average Bonchev–Trinajstić information content (AvgIpc) is 2.29. The Hall–Kier alpha value is -0.550. The zero-order valence-corrected chi connectivity index (χ0v) is 12.4. The number of benzene rings is 1. The summed E-state index contributed by atoms with van der Waals surface area (Å²) in [5.74, 6) is -0.890. The molecule has 1 rings (SSSR count). The molecule has 1 N–H and O–H groups in total. The van der Waals surface area contributed by atoms with E-state index in [2.05, 4.69) is 21.2 Å². The fourth-order valence-corrected chi connectivity index (χ4v) is 1.71. The Morgan fingerprint density at radius 1 is 1.53 bits per heavy atom. The van der Waals surface area contributed by atoms with Gasteiger partial charge in [-0.1, -0.05) is 15.9 Å². The maximum Gasteiger partial charge on any atom is 0.254 e. The number of nitrogens with one attached hydrogen (secondary N) is 1. The third kappa shape index (κ3) is 4.32. The van der Waals surface area contributed by atoms with Crippen molar-refractivity contribution >= 4 is 33.6 Å². The smallest absolute Gasteiger partial charge is 0.254 e. The van der Waals surface area contributed by atoms with Crippen LogP contribution in [0.25, 0.3) is 0 Å². The molecule has 0 saturated carbocycles. The predicted octanol–water partition coefficient (Wildman–Crippen LogP) is 3.46. The molecule has 0 aliphatic heterocycles. The summed E-state index contributed by atoms with van der Waals surface area (Å²) in [5, 5.41) is 2.74. The van der Waals surface area contributed by atoms with Crippen molar-refractivity contribution in [3.8, 4) is 0 Å². The molecule has 0 aromatic heterocycles. The molecule has 0 aliphatic rings. The highest BCUT2D eigenvalue weighted by molar-refractivity contribution is 9.10. The summed E-state index contributed by atoms with van der Waals surface area (Å²) in [6, 6.07) is 4.33. The maximum absolute atomic E-state index is 13.4. The van der Waals surface area contributed by atoms with E-state index >= 15 is 0 Å². The summed E-state index contributed by atoms with van der Waals surface area (Å²) in [6.07, 6.45) is 1.98. The lowest BCUT2D eigenvalue weighted by molar-refractivity contribution is 0.0946. The second-order valence-corrected chi connectivity index (χ2v) is 6.70. The number of amides is 1. The molecule has 0 aliphatic carbocycles. The lowest BCUT2D eigenvalue weighted by atomic mass is 10.1. The van der Waals surface area contributed by atoms with E-state index in [4.69, 9.17) is 0 Å². The van der Waals surface area contributed by atoms with Gasteiger partial charge in [-0.3, -0.25) is 4.79 Å². The number of rotatable bonds is 4. The highest BCUT2D eigenvalue weighted by Gasteiger charge is 2.19. The molecule has 0 fully saturated rings. The highest BCUT2D eigenvalue weighted by atomic mass is 79.9. The Balaban J connectivity index is 2.74. The molecule has 0 atom stereocenters. The van der Waals surface area contributed by atoms with Crippen LogP contribution in [0.3, 0.4) is 0 Å². The van der Waals surface area contributed by atoms with Crippen molar-refractivity contribution in [1.29, 1.82) is 0 Å². The molecular weight excluding hydrogens is 305 g/mol. The summed E-state index contributed by atoms with van der Waals surface area (Å²) >= 11 is 4.87. The maximum atomic E-state index is 13.4. The van der Waals surface area contributed by atoms with Crippen LogP contribution in [0.2, 0.25) is 0 Å². The summed E-state index contributed by atoms with van der Waals surface area (Å²) in [7, 11) is 0. The minimum absolute atomic E-state index is 0.0574. The van der Waals surface area contributed by atoms with E-state index in [-0.39, 0.29) is 16.2 Å². The number of carbonyl (C=O) groups is 1. The SMILES string of the molecule is CSC(C)(C)CNC(=O)c1cc(Br)ccc1F. The first kappa shape index (κ1) is 14.5. The van der Waals surface area contributed by atoms with Crippen molar-refractivity contribution < 1.29 is 9.18 Å². The number of hydrogen-bond donors (Lipinski definition) is 1. The first-order valence-electron chi connectivity index (χ1n) is 5.14. The monoisotopic (exact) mass is 319 g/mol. The molecule has 0 spiro atoms. The average molecular weight is 320 g/mol. The van der Waals surface area contributed by atoms with Gasteiger partial charge in [0.05, 0.1) is 5.56 Å². The molecule has 0 unspecified atom stereocenters. The number of hydrogen-bond acceptors (Lipinski definition) is 2. The van der Waals surface area contributed by atoms with Crippen LogP contribution in [0.15, 0.2) is 22.7 Å². The van der Waals surface area contributed by atoms with Gasteiger partial charge in [0.25, 0.3) is 5.91 Å². The van der Waals surface area contributed by atoms with Crippen LogP contribution in [0, 0.1) is 5.82 Å². The van der Waals surface area contributed by atoms with Crippen molar-refractivity contribution in [3.63, 3.8) is 0 Å². The molecule has 0 saturated heterocycles. The molecule has 2 nitrogen and oxygen atoms in total. The van der Waals surface area contributed by atoms with Crippen molar-refractivity contribution in [2.75, 3.05) is 12.8 Å². The Kier molecular flexibility index (Phi) is 5.01. The van der Waals surface area contributed by atoms with Gasteiger partial charge >= 0.3 is 0 Å². The van der Waals surface area contributed by atoms with Crippen molar-refractivity contribution in [3.05, 3.63) is 34.1 Å². The summed E-state index contributed by atoms with van der Waals surface area (Å²) < 4.78 is 14.1. The molecule has 0 heterocycles. The van der Waals surface area contributed by atoms with Gasteiger partial charge in [-0.15, -0.1) is 0 Å². The Bertz CT molecular complexity index is 423. The fraction of sp³-hybridized carbons (Fsp3) is 0.417. The zero-order chi connectivity index (χ0) is 13.1. The second kappa shape index (κ2) is 5.87. The van der Waals surface area contributed by atoms with E-state index in [0.29, 0.717) is 11.0 Å². The van der Waals surface area contributed by atoms with Gasteiger partial charge in [-0.25, -0.2) is 4.39 Å². The van der Waals surface area contributed by atoms with Crippen LogP contribution in [0.1, 0.15) is 24.2 Å². The lowest BCUT2D eigenvalue weighted by Crippen LogP contribution is -2.36. The first-order valence-corrected chi connectivity index (χ1v) is 7.16. The molecule has 1 aromatic carbocycles. The van der Waals surface area contributed by atoms with Crippen molar-refractivity contribution in [2.24, 2.45) is 0 Å². The lowest BCUT2D eigenvalue weighted by Gasteiger charge is -2.22. The van der Waals surface area contributed by atoms with E-state index in [9.17, 15) is 9.18 Å². The van der Waals surface area contributed by atoms with Gasteiger partial charge in [-0.2, -0.15) is 11.8 Å². The standard InChI is InChI=1S/C12H15BrFNOS/c1-12(2,17-3)7-15-11(16)9-6-8(13)4-5-10(9)14/h4-6H,7H2,1-3H3,(H,15,16). The zero-order valence-electron chi connectivity index (χ0n) is 10.0. The predicted molar refractivity (Wildman–Crippen MR) is 74.0 cm³/mol. The Labute approximate surface area is 113 Å². The molecule has 94 valence electrons. The molecule has 5 heteroatoms. The Morgan fingerprint density at radius 3 is 2.76 bits per heavy atom. The van der Waals surface area contributed by atoms with Gasteiger partial charge in [0, 0.05) is 15.8 Å². The van der Waals surface area contributed by atoms with Crippen molar-refractivity contribution in [1.82, 2.24) is 5.32 Å². The molecule has 1 aromatic rings. The Morgan fingerprint density at radius 2 is 2.18 bits per heavy atom. The van der Waals surface area contributed by atoms with Crippen LogP contribution >= 0.6 is 27.7 Å². The van der Waals surface area contributed by atoms with E-state index in [1.807, 2.05) is 20.1 Å². The van der Waals surface area contributed by atoms with Gasteiger partial charge in [0.1, 0.15) is 5.82 Å². The molecule has 0 radical (unpaired) electrons. The van der Waals surface area contributed by atoms with Crippen molar-refractivity contribution in [2.45, 2.75) is 18.6 Å². The van der Waals surface area contributed by atoms with E-state index in [1.54, 1.807) is 17.8 Å². The van der Waals surface area contributed by atoms with Gasteiger partial charge in [0.2, 0.25) is 0 Å². The largest absolute Gasteiger partial charge is 0.351 e. The third-order valence-electron chi connectivity index (χ3n) is 2.40. The minimum Gasteiger partial charge on any atom is -0.351 e. The summed E-state index contributed by atoms with van der Waals surface area (Å²) in [4.78, 5) is 11.8. The summed E-state index contributed by atoms with van der Waals surface area (Å²) in [5.41, 5.74) is 0.0660. The number of thioether (sulfide) groups is 1. The van der Waals surface area contributed by atoms with Crippen LogP contribution < -0.4 is 5.32 Å². The van der Waals surface area contributed by atoms with E-state index < -0.39 is 5.82 Å². The van der Waals surface area contributed by atoms with Crippen LogP contribution in [0.4, 0.5) is 4.39 Å². The van der Waals surface area contributed by atoms with Gasteiger partial charge in [-0.05, 0) is 38.3 Å². The molecular formula is C12H15BrFNOS. The molecule has 17 heavy (non-hydrogen) atoms. The van der Waals surface area contributed by atoms with Gasteiger partial charge in [0.15, 0.2) is 0 Å². The molecule has 0 bridgehead atoms. The topological polar surface area (TPSA) is 29.1 Å². The van der Waals surface area contributed by atoms with Crippen LogP contribution in [-0.4, -0.2) is 23.5 Å². The number of halogens is 2. The van der Waals surface area contributed by atoms with Gasteiger partial charge < -0.3 is 5.32 Å². The molecule has 1 amide bonds. The fourth-order valence-electron chi connectivity index (χ4n) is 1.13.